The average Bonchev–Trinajstić information content (AvgIpc) is 3.06. The second kappa shape index (κ2) is 8.52. The van der Waals surface area contributed by atoms with Crippen LogP contribution in [-0.4, -0.2) is 40.0 Å². The van der Waals surface area contributed by atoms with Crippen LogP contribution in [0.4, 0.5) is 10.5 Å². The van der Waals surface area contributed by atoms with Crippen molar-refractivity contribution in [2.75, 3.05) is 18.4 Å². The summed E-state index contributed by atoms with van der Waals surface area (Å²) in [7, 11) is 0. The number of nitrogens with zero attached hydrogens (tertiary/aromatic N) is 3. The maximum Gasteiger partial charge on any atom is 0.319 e. The monoisotopic (exact) mass is 316 g/mol. The number of benzene rings is 1. The normalized spacial score (nSPS) is 10.1. The lowest BCUT2D eigenvalue weighted by molar-refractivity contribution is 0.0956. The van der Waals surface area contributed by atoms with E-state index in [1.165, 1.54) is 0 Å². The molecule has 0 aliphatic carbocycles. The van der Waals surface area contributed by atoms with Crippen LogP contribution in [0.3, 0.4) is 0 Å². The Hall–Kier alpha value is -2.90. The van der Waals surface area contributed by atoms with Gasteiger partial charge in [0.25, 0.3) is 5.91 Å². The van der Waals surface area contributed by atoms with Crippen LogP contribution in [0.15, 0.2) is 36.7 Å². The molecule has 2 rings (SSSR count). The number of nitrogens with one attached hydrogen (secondary N) is 3. The summed E-state index contributed by atoms with van der Waals surface area (Å²) in [5.74, 6) is -0.128. The molecule has 1 aromatic heterocycles. The van der Waals surface area contributed by atoms with E-state index in [0.717, 1.165) is 6.42 Å². The summed E-state index contributed by atoms with van der Waals surface area (Å²) in [6, 6.07) is 6.45. The van der Waals surface area contributed by atoms with Gasteiger partial charge in [-0.15, -0.1) is 5.10 Å². The first-order valence-electron chi connectivity index (χ1n) is 7.46. The first kappa shape index (κ1) is 16.5. The first-order valence-corrected chi connectivity index (χ1v) is 7.46. The fourth-order valence-corrected chi connectivity index (χ4v) is 1.94. The topological polar surface area (TPSA) is 101 Å². The van der Waals surface area contributed by atoms with Crippen molar-refractivity contribution in [3.05, 3.63) is 42.2 Å². The minimum Gasteiger partial charge on any atom is -0.352 e. The lowest BCUT2D eigenvalue weighted by atomic mass is 10.2. The highest BCUT2D eigenvalue weighted by Gasteiger charge is 2.05. The molecule has 3 N–H and O–H groups in total. The number of hydrogen-bond donors (Lipinski definition) is 3. The van der Waals surface area contributed by atoms with E-state index in [4.69, 9.17) is 0 Å². The van der Waals surface area contributed by atoms with Crippen LogP contribution >= 0.6 is 0 Å². The average molecular weight is 316 g/mol. The molecule has 1 aromatic carbocycles. The molecule has 1 heterocycles. The summed E-state index contributed by atoms with van der Waals surface area (Å²) < 4.78 is 1.71. The lowest BCUT2D eigenvalue weighted by Gasteiger charge is -2.08. The van der Waals surface area contributed by atoms with Gasteiger partial charge in [0.2, 0.25) is 0 Å². The number of hydrogen-bond acceptors (Lipinski definition) is 4. The zero-order chi connectivity index (χ0) is 16.5. The second-order valence-corrected chi connectivity index (χ2v) is 4.84. The molecule has 122 valence electrons. The Kier molecular flexibility index (Phi) is 6.10. The predicted molar refractivity (Wildman–Crippen MR) is 86.1 cm³/mol. The molecule has 0 atom stereocenters. The van der Waals surface area contributed by atoms with Crippen molar-refractivity contribution < 1.29 is 9.59 Å². The highest BCUT2D eigenvalue weighted by atomic mass is 16.2. The third kappa shape index (κ3) is 5.42. The summed E-state index contributed by atoms with van der Waals surface area (Å²) in [6.45, 7) is 3.67. The van der Waals surface area contributed by atoms with E-state index in [0.29, 0.717) is 30.9 Å². The summed E-state index contributed by atoms with van der Waals surface area (Å²) in [6.07, 6.45) is 4.15. The SMILES string of the molecule is CCNC(=O)c1ccc(NC(=O)NCCCn2ccnn2)cc1. The molecule has 0 aliphatic rings. The van der Waals surface area contributed by atoms with Gasteiger partial charge in [0.1, 0.15) is 0 Å². The van der Waals surface area contributed by atoms with Crippen LogP contribution in [0.1, 0.15) is 23.7 Å². The summed E-state index contributed by atoms with van der Waals surface area (Å²) in [5, 5.41) is 15.7. The van der Waals surface area contributed by atoms with Gasteiger partial charge in [-0.25, -0.2) is 4.79 Å². The number of aryl methyl sites for hydroxylation is 1. The van der Waals surface area contributed by atoms with Gasteiger partial charge in [0, 0.05) is 37.1 Å². The molecular formula is C15H20N6O2. The van der Waals surface area contributed by atoms with E-state index in [-0.39, 0.29) is 11.9 Å². The zero-order valence-corrected chi connectivity index (χ0v) is 13.0. The van der Waals surface area contributed by atoms with Gasteiger partial charge in [0.05, 0.1) is 6.20 Å². The Labute approximate surface area is 134 Å². The molecule has 0 radical (unpaired) electrons. The number of carbonyl (C=O) groups is 2. The highest BCUT2D eigenvalue weighted by Crippen LogP contribution is 2.09. The molecular weight excluding hydrogens is 296 g/mol. The molecule has 8 heteroatoms. The Bertz CT molecular complexity index is 624. The van der Waals surface area contributed by atoms with Gasteiger partial charge in [-0.1, -0.05) is 5.21 Å². The molecule has 0 saturated heterocycles. The molecule has 23 heavy (non-hydrogen) atoms. The number of amides is 3. The number of urea groups is 1. The van der Waals surface area contributed by atoms with Crippen molar-refractivity contribution in [1.29, 1.82) is 0 Å². The van der Waals surface area contributed by atoms with Crippen LogP contribution in [0.25, 0.3) is 0 Å². The van der Waals surface area contributed by atoms with Crippen LogP contribution < -0.4 is 16.0 Å². The molecule has 3 amide bonds. The molecule has 0 spiro atoms. The molecule has 0 fully saturated rings. The Morgan fingerprint density at radius 1 is 1.17 bits per heavy atom. The van der Waals surface area contributed by atoms with E-state index in [9.17, 15) is 9.59 Å². The van der Waals surface area contributed by atoms with E-state index in [1.807, 2.05) is 6.92 Å². The van der Waals surface area contributed by atoms with Gasteiger partial charge < -0.3 is 16.0 Å². The van der Waals surface area contributed by atoms with Gasteiger partial charge in [-0.05, 0) is 37.6 Å². The van der Waals surface area contributed by atoms with Gasteiger partial charge in [-0.3, -0.25) is 9.48 Å². The quantitative estimate of drug-likeness (QED) is 0.669. The summed E-state index contributed by atoms with van der Waals surface area (Å²) >= 11 is 0. The predicted octanol–water partition coefficient (Wildman–Crippen LogP) is 1.24. The minimum atomic E-state index is -0.283. The lowest BCUT2D eigenvalue weighted by Crippen LogP contribution is -2.30. The fourth-order valence-electron chi connectivity index (χ4n) is 1.94. The molecule has 0 aliphatic heterocycles. The largest absolute Gasteiger partial charge is 0.352 e. The van der Waals surface area contributed by atoms with Crippen molar-refractivity contribution in [2.45, 2.75) is 19.9 Å². The fraction of sp³-hybridized carbons (Fsp3) is 0.333. The van der Waals surface area contributed by atoms with Crippen molar-refractivity contribution in [3.8, 4) is 0 Å². The maximum absolute atomic E-state index is 11.8. The number of anilines is 1. The molecule has 0 saturated carbocycles. The highest BCUT2D eigenvalue weighted by molar-refractivity contribution is 5.95. The second-order valence-electron chi connectivity index (χ2n) is 4.84. The number of rotatable bonds is 7. The van der Waals surface area contributed by atoms with E-state index < -0.39 is 0 Å². The van der Waals surface area contributed by atoms with Crippen LogP contribution in [0, 0.1) is 0 Å². The van der Waals surface area contributed by atoms with Crippen molar-refractivity contribution in [1.82, 2.24) is 25.6 Å². The van der Waals surface area contributed by atoms with Gasteiger partial charge in [0.15, 0.2) is 0 Å². The van der Waals surface area contributed by atoms with Crippen molar-refractivity contribution in [2.24, 2.45) is 0 Å². The Morgan fingerprint density at radius 3 is 2.61 bits per heavy atom. The minimum absolute atomic E-state index is 0.128. The molecule has 0 bridgehead atoms. The summed E-state index contributed by atoms with van der Waals surface area (Å²) in [5.41, 5.74) is 1.19. The van der Waals surface area contributed by atoms with Crippen LogP contribution in [0.5, 0.6) is 0 Å². The molecule has 8 nitrogen and oxygen atoms in total. The van der Waals surface area contributed by atoms with Crippen LogP contribution in [-0.2, 0) is 6.54 Å². The molecule has 0 unspecified atom stereocenters. The van der Waals surface area contributed by atoms with Gasteiger partial charge >= 0.3 is 6.03 Å². The summed E-state index contributed by atoms with van der Waals surface area (Å²) in [4.78, 5) is 23.4. The number of carbonyl (C=O) groups excluding carboxylic acids is 2. The van der Waals surface area contributed by atoms with Crippen molar-refractivity contribution >= 4 is 17.6 Å². The van der Waals surface area contributed by atoms with E-state index >= 15 is 0 Å². The number of aromatic nitrogens is 3. The maximum atomic E-state index is 11.8. The zero-order valence-electron chi connectivity index (χ0n) is 13.0. The van der Waals surface area contributed by atoms with Gasteiger partial charge in [-0.2, -0.15) is 0 Å². The third-order valence-corrected chi connectivity index (χ3v) is 3.06. The van der Waals surface area contributed by atoms with E-state index in [2.05, 4.69) is 26.3 Å². The smallest absolute Gasteiger partial charge is 0.319 e. The third-order valence-electron chi connectivity index (χ3n) is 3.06. The van der Waals surface area contributed by atoms with Crippen molar-refractivity contribution in [3.63, 3.8) is 0 Å². The first-order chi connectivity index (χ1) is 11.2. The Morgan fingerprint density at radius 2 is 1.96 bits per heavy atom. The molecule has 2 aromatic rings. The Balaban J connectivity index is 1.71. The van der Waals surface area contributed by atoms with E-state index in [1.54, 1.807) is 41.3 Å². The standard InChI is InChI=1S/C15H20N6O2/c1-2-16-14(22)12-4-6-13(7-5-12)19-15(23)17-8-3-10-21-11-9-18-20-21/h4-7,9,11H,2-3,8,10H2,1H3,(H,16,22)(H2,17,19,23). The van der Waals surface area contributed by atoms with Crippen LogP contribution in [0.2, 0.25) is 0 Å².